The first-order valence-electron chi connectivity index (χ1n) is 11.2. The zero-order chi connectivity index (χ0) is 27.5. The fourth-order valence-electron chi connectivity index (χ4n) is 3.86. The van der Waals surface area contributed by atoms with Gasteiger partial charge in [0.25, 0.3) is 0 Å². The van der Waals surface area contributed by atoms with Crippen molar-refractivity contribution < 1.29 is 53.1 Å². The third kappa shape index (κ3) is 8.41. The van der Waals surface area contributed by atoms with E-state index in [4.69, 9.17) is 23.7 Å². The van der Waals surface area contributed by atoms with E-state index in [-0.39, 0.29) is 0 Å². The average Bonchev–Trinajstić information content (AvgIpc) is 2.86. The summed E-state index contributed by atoms with van der Waals surface area (Å²) in [7, 11) is 5.75. The quantitative estimate of drug-likeness (QED) is 0.279. The number of carbonyl (C=O) groups excluding carboxylic acids is 2. The molecule has 0 radical (unpaired) electrons. The summed E-state index contributed by atoms with van der Waals surface area (Å²) in [5.74, 6) is -4.22. The minimum absolute atomic E-state index is 0.353. The molecule has 0 aliphatic carbocycles. The van der Waals surface area contributed by atoms with Gasteiger partial charge in [-0.15, -0.1) is 0 Å². The summed E-state index contributed by atoms with van der Waals surface area (Å²) in [4.78, 5) is 48.0. The fraction of sp³-hybridized carbons (Fsp3) is 0.385. The maximum absolute atomic E-state index is 12.6. The Morgan fingerprint density at radius 3 is 1.24 bits per heavy atom. The van der Waals surface area contributed by atoms with E-state index in [2.05, 4.69) is 0 Å². The smallest absolute Gasteiger partial charge is 0.314 e. The van der Waals surface area contributed by atoms with E-state index in [9.17, 15) is 29.4 Å². The Morgan fingerprint density at radius 2 is 0.946 bits per heavy atom. The van der Waals surface area contributed by atoms with Gasteiger partial charge in [-0.05, 0) is 35.4 Å². The number of ether oxygens (including phenoxy) is 5. The minimum Gasteiger partial charge on any atom is -0.493 e. The highest BCUT2D eigenvalue weighted by atomic mass is 16.6. The molecule has 2 unspecified atom stereocenters. The minimum atomic E-state index is -1.14. The Balaban J connectivity index is 2.17. The Kier molecular flexibility index (Phi) is 10.7. The largest absolute Gasteiger partial charge is 0.493 e. The molecule has 2 aromatic rings. The van der Waals surface area contributed by atoms with Crippen molar-refractivity contribution in [1.29, 1.82) is 0 Å². The molecule has 0 spiro atoms. The highest BCUT2D eigenvalue weighted by molar-refractivity contribution is 5.87. The fourth-order valence-corrected chi connectivity index (χ4v) is 3.86. The molecule has 0 heterocycles. The van der Waals surface area contributed by atoms with Crippen LogP contribution >= 0.6 is 0 Å². The number of rotatable bonds is 14. The van der Waals surface area contributed by atoms with E-state index in [1.807, 2.05) is 0 Å². The molecule has 0 aromatic heterocycles. The second-order valence-electron chi connectivity index (χ2n) is 8.07. The zero-order valence-corrected chi connectivity index (χ0v) is 21.0. The predicted octanol–water partition coefficient (Wildman–Crippen LogP) is 3.39. The molecule has 200 valence electrons. The van der Waals surface area contributed by atoms with Gasteiger partial charge in [-0.1, -0.05) is 12.1 Å². The number of carboxylic acid groups (broad SMARTS) is 2. The molecule has 0 aliphatic rings. The molecule has 0 bridgehead atoms. The van der Waals surface area contributed by atoms with Crippen molar-refractivity contribution in [3.05, 3.63) is 47.5 Å². The van der Waals surface area contributed by atoms with E-state index in [0.29, 0.717) is 34.1 Å². The van der Waals surface area contributed by atoms with Crippen molar-refractivity contribution in [1.82, 2.24) is 0 Å². The van der Waals surface area contributed by atoms with Gasteiger partial charge in [0.05, 0.1) is 54.1 Å². The Labute approximate surface area is 213 Å². The van der Waals surface area contributed by atoms with Gasteiger partial charge in [0.1, 0.15) is 0 Å². The Bertz CT molecular complexity index is 1040. The molecule has 0 saturated carbocycles. The van der Waals surface area contributed by atoms with Gasteiger partial charge in [0.15, 0.2) is 23.0 Å². The summed E-state index contributed by atoms with van der Waals surface area (Å²) in [6.07, 6.45) is -1.58. The van der Waals surface area contributed by atoms with Crippen LogP contribution in [-0.2, 0) is 23.9 Å². The van der Waals surface area contributed by atoms with Gasteiger partial charge in [0.2, 0.25) is 0 Å². The van der Waals surface area contributed by atoms with E-state index in [0.717, 1.165) is 0 Å². The Hall–Kier alpha value is -4.28. The molecule has 2 aromatic carbocycles. The summed E-state index contributed by atoms with van der Waals surface area (Å²) in [5.41, 5.74) is 0.970. The number of hydrogen-bond acceptors (Lipinski definition) is 9. The highest BCUT2D eigenvalue weighted by Gasteiger charge is 2.26. The number of carboxylic acids is 2. The number of benzene rings is 2. The molecule has 0 amide bonds. The lowest BCUT2D eigenvalue weighted by Gasteiger charge is -2.18. The lowest BCUT2D eigenvalue weighted by Crippen LogP contribution is -2.20. The maximum Gasteiger partial charge on any atom is 0.314 e. The molecule has 2 rings (SSSR count). The lowest BCUT2D eigenvalue weighted by molar-refractivity contribution is -0.160. The van der Waals surface area contributed by atoms with E-state index in [1.54, 1.807) is 36.4 Å². The topological polar surface area (TPSA) is 155 Å². The van der Waals surface area contributed by atoms with Crippen molar-refractivity contribution in [3.8, 4) is 23.0 Å². The van der Waals surface area contributed by atoms with Crippen LogP contribution in [0.25, 0.3) is 0 Å². The predicted molar refractivity (Wildman–Crippen MR) is 129 cm³/mol. The van der Waals surface area contributed by atoms with Gasteiger partial charge in [-0.25, -0.2) is 0 Å². The molecule has 0 fully saturated rings. The number of aliphatic carboxylic acids is 2. The second-order valence-corrected chi connectivity index (χ2v) is 8.07. The van der Waals surface area contributed by atoms with E-state index in [1.165, 1.54) is 28.4 Å². The van der Waals surface area contributed by atoms with Crippen molar-refractivity contribution in [3.63, 3.8) is 0 Å². The molecule has 2 atom stereocenters. The average molecular weight is 519 g/mol. The number of esters is 2. The summed E-state index contributed by atoms with van der Waals surface area (Å²) in [5, 5.41) is 18.7. The van der Waals surface area contributed by atoms with Crippen LogP contribution in [0.3, 0.4) is 0 Å². The number of methoxy groups -OCH3 is 4. The van der Waals surface area contributed by atoms with Crippen LogP contribution in [-0.4, -0.2) is 62.5 Å². The van der Waals surface area contributed by atoms with Crippen LogP contribution in [0.15, 0.2) is 36.4 Å². The molecule has 0 aliphatic heterocycles. The third-order valence-electron chi connectivity index (χ3n) is 5.65. The van der Waals surface area contributed by atoms with E-state index >= 15 is 0 Å². The van der Waals surface area contributed by atoms with Gasteiger partial charge in [0, 0.05) is 11.8 Å². The monoisotopic (exact) mass is 518 g/mol. The van der Waals surface area contributed by atoms with Crippen LogP contribution in [0.4, 0.5) is 0 Å². The number of hydrogen-bond donors (Lipinski definition) is 2. The molecule has 11 nitrogen and oxygen atoms in total. The molecular weight excluding hydrogens is 488 g/mol. The Morgan fingerprint density at radius 1 is 0.595 bits per heavy atom. The van der Waals surface area contributed by atoms with Crippen LogP contribution < -0.4 is 18.9 Å². The lowest BCUT2D eigenvalue weighted by atomic mass is 9.91. The maximum atomic E-state index is 12.6. The SMILES string of the molecule is COc1ccc(C(CC(=O)O)CC(=O)OC(=O)CC(CC(=O)O)c2ccc(OC)c(OC)c2)cc1OC. The van der Waals surface area contributed by atoms with E-state index < -0.39 is 61.4 Å². The first-order valence-corrected chi connectivity index (χ1v) is 11.2. The third-order valence-corrected chi connectivity index (χ3v) is 5.65. The summed E-state index contributed by atoms with van der Waals surface area (Å²) in [6.45, 7) is 0. The van der Waals surface area contributed by atoms with Crippen molar-refractivity contribution in [2.75, 3.05) is 28.4 Å². The van der Waals surface area contributed by atoms with Crippen molar-refractivity contribution >= 4 is 23.9 Å². The summed E-state index contributed by atoms with van der Waals surface area (Å²) < 4.78 is 25.8. The van der Waals surface area contributed by atoms with Crippen molar-refractivity contribution in [2.45, 2.75) is 37.5 Å². The summed E-state index contributed by atoms with van der Waals surface area (Å²) >= 11 is 0. The molecule has 37 heavy (non-hydrogen) atoms. The highest BCUT2D eigenvalue weighted by Crippen LogP contribution is 2.35. The van der Waals surface area contributed by atoms with Gasteiger partial charge >= 0.3 is 23.9 Å². The number of carbonyl (C=O) groups is 4. The molecule has 0 saturated heterocycles. The van der Waals surface area contributed by atoms with Crippen LogP contribution in [0, 0.1) is 0 Å². The zero-order valence-electron chi connectivity index (χ0n) is 21.0. The normalized spacial score (nSPS) is 12.1. The molecule has 11 heteroatoms. The molecule has 2 N–H and O–H groups in total. The van der Waals surface area contributed by atoms with Crippen molar-refractivity contribution in [2.24, 2.45) is 0 Å². The molecular formula is C26H30O11. The van der Waals surface area contributed by atoms with Crippen LogP contribution in [0.5, 0.6) is 23.0 Å². The second kappa shape index (κ2) is 13.7. The first-order chi connectivity index (χ1) is 17.6. The van der Waals surface area contributed by atoms with Gasteiger partial charge < -0.3 is 33.9 Å². The van der Waals surface area contributed by atoms with Crippen LogP contribution in [0.1, 0.15) is 48.6 Å². The standard InChI is InChI=1S/C26H30O11/c1-33-19-7-5-15(9-21(19)35-3)17(11-23(27)28)13-25(31)37-26(32)14-18(12-24(29)30)16-6-8-20(34-2)22(10-16)36-4/h5-10,17-18H,11-14H2,1-4H3,(H,27,28)(H,29,30). The van der Waals surface area contributed by atoms with Gasteiger partial charge in [-0.2, -0.15) is 0 Å². The van der Waals surface area contributed by atoms with Crippen LogP contribution in [0.2, 0.25) is 0 Å². The first kappa shape index (κ1) is 29.0. The summed E-state index contributed by atoms with van der Waals surface area (Å²) in [6, 6.07) is 9.48. The van der Waals surface area contributed by atoms with Gasteiger partial charge in [-0.3, -0.25) is 19.2 Å².